The van der Waals surface area contributed by atoms with Gasteiger partial charge in [-0.1, -0.05) is 29.8 Å². The molecule has 4 rings (SSSR count). The Balaban J connectivity index is 1.40. The Morgan fingerprint density at radius 1 is 1.12 bits per heavy atom. The molecule has 1 saturated carbocycles. The number of para-hydroxylation sites is 1. The molecule has 1 aliphatic carbocycles. The van der Waals surface area contributed by atoms with Crippen LogP contribution in [-0.4, -0.2) is 74.6 Å². The number of carbonyl (C=O) groups excluding carboxylic acids is 3. The topological polar surface area (TPSA) is 182 Å². The molecule has 0 radical (unpaired) electrons. The zero-order chi connectivity index (χ0) is 24.1. The fourth-order valence-electron chi connectivity index (χ4n) is 4.63. The van der Waals surface area contributed by atoms with E-state index in [2.05, 4.69) is 36.6 Å². The number of carboxylic acid groups (broad SMARTS) is 1. The number of aromatic nitrogens is 4. The highest BCUT2D eigenvalue weighted by atomic mass is 16.4. The van der Waals surface area contributed by atoms with Gasteiger partial charge in [-0.25, -0.2) is 4.79 Å². The molecule has 0 saturated heterocycles. The number of H-pyrrole nitrogens is 1. The third-order valence-corrected chi connectivity index (χ3v) is 6.22. The van der Waals surface area contributed by atoms with Crippen LogP contribution in [-0.2, 0) is 27.3 Å². The van der Waals surface area contributed by atoms with E-state index in [-0.39, 0.29) is 49.2 Å². The van der Waals surface area contributed by atoms with Crippen molar-refractivity contribution in [1.29, 1.82) is 0 Å². The van der Waals surface area contributed by atoms with Crippen LogP contribution in [0.1, 0.15) is 30.7 Å². The van der Waals surface area contributed by atoms with E-state index in [1.807, 2.05) is 18.2 Å². The van der Waals surface area contributed by atoms with Crippen molar-refractivity contribution in [1.82, 2.24) is 36.6 Å². The molecule has 3 amide bonds. The van der Waals surface area contributed by atoms with Crippen LogP contribution in [0.15, 0.2) is 24.3 Å². The maximum atomic E-state index is 13.3. The van der Waals surface area contributed by atoms with Crippen LogP contribution in [0.3, 0.4) is 0 Å². The summed E-state index contributed by atoms with van der Waals surface area (Å²) < 4.78 is 0. The summed E-state index contributed by atoms with van der Waals surface area (Å²) in [5.41, 5.74) is 1.57. The largest absolute Gasteiger partial charge is 0.465 e. The van der Waals surface area contributed by atoms with Crippen molar-refractivity contribution in [3.8, 4) is 0 Å². The molecule has 2 aliphatic rings. The van der Waals surface area contributed by atoms with Gasteiger partial charge in [-0.3, -0.25) is 19.3 Å². The van der Waals surface area contributed by atoms with Crippen molar-refractivity contribution in [2.75, 3.05) is 18.0 Å². The Hall–Kier alpha value is -3.87. The van der Waals surface area contributed by atoms with Crippen molar-refractivity contribution >= 4 is 29.4 Å². The average molecular weight is 470 g/mol. The third-order valence-electron chi connectivity index (χ3n) is 6.22. The summed E-state index contributed by atoms with van der Waals surface area (Å²) >= 11 is 0. The van der Waals surface area contributed by atoms with Gasteiger partial charge >= 0.3 is 6.09 Å². The molecular weight excluding hydrogens is 444 g/mol. The third kappa shape index (κ3) is 5.20. The highest BCUT2D eigenvalue weighted by Gasteiger charge is 2.39. The molecule has 5 N–H and O–H groups in total. The zero-order valence-corrected chi connectivity index (χ0v) is 18.4. The Kier molecular flexibility index (Phi) is 7.11. The van der Waals surface area contributed by atoms with Crippen molar-refractivity contribution in [3.63, 3.8) is 0 Å². The molecule has 13 nitrogen and oxygen atoms in total. The number of aromatic amines is 1. The van der Waals surface area contributed by atoms with Gasteiger partial charge in [0.15, 0.2) is 11.6 Å². The lowest BCUT2D eigenvalue weighted by molar-refractivity contribution is -0.126. The molecule has 0 spiro atoms. The standard InChI is InChI=1S/C21H26N8O5/c30-17(9-24-21(33)34)13-5-3-6-14(13)22-11-19(31)29-15-7-2-1-4-12(15)8-16(29)20(32)23-10-18-25-27-28-26-18/h1-2,4,7,13-14,16,22,24H,3,5-6,8-11H2,(H,23,32)(H,33,34)(H,25,26,27,28)/t13?,14?,16-/m0/s1. The van der Waals surface area contributed by atoms with Gasteiger partial charge in [-0.15, -0.1) is 10.2 Å². The number of amides is 3. The fraction of sp³-hybridized carbons (Fsp3) is 0.476. The molecule has 1 aromatic heterocycles. The molecule has 13 heteroatoms. The number of tetrazole rings is 1. The first-order chi connectivity index (χ1) is 16.4. The summed E-state index contributed by atoms with van der Waals surface area (Å²) in [7, 11) is 0. The Bertz CT molecular complexity index is 1060. The summed E-state index contributed by atoms with van der Waals surface area (Å²) in [5, 5.41) is 30.2. The van der Waals surface area contributed by atoms with E-state index >= 15 is 0 Å². The second-order valence-corrected chi connectivity index (χ2v) is 8.31. The molecule has 2 heterocycles. The smallest absolute Gasteiger partial charge is 0.405 e. The van der Waals surface area contributed by atoms with Crippen LogP contribution < -0.4 is 20.9 Å². The minimum atomic E-state index is -1.25. The molecule has 1 aliphatic heterocycles. The fourth-order valence-corrected chi connectivity index (χ4v) is 4.63. The lowest BCUT2D eigenvalue weighted by atomic mass is 9.98. The van der Waals surface area contributed by atoms with Crippen LogP contribution in [0.2, 0.25) is 0 Å². The molecule has 3 atom stereocenters. The van der Waals surface area contributed by atoms with Gasteiger partial charge in [-0.2, -0.15) is 5.21 Å². The average Bonchev–Trinajstić information content (AvgIpc) is 3.58. The van der Waals surface area contributed by atoms with Gasteiger partial charge in [0.1, 0.15) is 6.04 Å². The van der Waals surface area contributed by atoms with E-state index < -0.39 is 12.1 Å². The first-order valence-corrected chi connectivity index (χ1v) is 11.1. The molecule has 2 unspecified atom stereocenters. The van der Waals surface area contributed by atoms with E-state index in [9.17, 15) is 19.2 Å². The minimum absolute atomic E-state index is 0.0518. The van der Waals surface area contributed by atoms with Crippen molar-refractivity contribution in [3.05, 3.63) is 35.7 Å². The predicted octanol–water partition coefficient (Wildman–Crippen LogP) is -0.631. The number of anilines is 1. The molecule has 2 aromatic rings. The summed E-state index contributed by atoms with van der Waals surface area (Å²) in [4.78, 5) is 50.8. The first-order valence-electron chi connectivity index (χ1n) is 11.1. The first kappa shape index (κ1) is 23.3. The number of rotatable bonds is 9. The molecule has 1 aromatic carbocycles. The van der Waals surface area contributed by atoms with Crippen molar-refractivity contribution in [2.45, 2.75) is 44.3 Å². The Labute approximate surface area is 194 Å². The van der Waals surface area contributed by atoms with Crippen molar-refractivity contribution < 1.29 is 24.3 Å². The van der Waals surface area contributed by atoms with Crippen LogP contribution >= 0.6 is 0 Å². The second kappa shape index (κ2) is 10.4. The van der Waals surface area contributed by atoms with Crippen LogP contribution in [0.4, 0.5) is 10.5 Å². The number of nitrogens with one attached hydrogen (secondary N) is 4. The number of Topliss-reactive ketones (excluding diaryl/α,β-unsaturated/α-hetero) is 1. The Morgan fingerprint density at radius 3 is 2.71 bits per heavy atom. The van der Waals surface area contributed by atoms with E-state index in [1.54, 1.807) is 6.07 Å². The van der Waals surface area contributed by atoms with Gasteiger partial charge in [0.05, 0.1) is 19.6 Å². The maximum Gasteiger partial charge on any atom is 0.405 e. The quantitative estimate of drug-likeness (QED) is 0.318. The molecule has 0 bridgehead atoms. The summed E-state index contributed by atoms with van der Waals surface area (Å²) in [6.45, 7) is -0.225. The minimum Gasteiger partial charge on any atom is -0.465 e. The number of carbonyl (C=O) groups is 4. The van der Waals surface area contributed by atoms with Crippen molar-refractivity contribution in [2.24, 2.45) is 5.92 Å². The molecule has 180 valence electrons. The number of hydrogen-bond donors (Lipinski definition) is 5. The molecule has 1 fully saturated rings. The molecular formula is C21H26N8O5. The van der Waals surface area contributed by atoms with E-state index in [0.717, 1.165) is 12.0 Å². The van der Waals surface area contributed by atoms with E-state index in [0.29, 0.717) is 30.8 Å². The summed E-state index contributed by atoms with van der Waals surface area (Å²) in [6.07, 6.45) is 1.29. The normalized spacial score (nSPS) is 21.2. The highest BCUT2D eigenvalue weighted by molar-refractivity contribution is 6.04. The number of nitrogens with zero attached hydrogens (tertiary/aromatic N) is 4. The molecule has 34 heavy (non-hydrogen) atoms. The second-order valence-electron chi connectivity index (χ2n) is 8.31. The predicted molar refractivity (Wildman–Crippen MR) is 118 cm³/mol. The lowest BCUT2D eigenvalue weighted by Crippen LogP contribution is -2.52. The number of fused-ring (bicyclic) bond motifs is 1. The van der Waals surface area contributed by atoms with Crippen LogP contribution in [0.25, 0.3) is 0 Å². The van der Waals surface area contributed by atoms with Gasteiger partial charge < -0.3 is 21.1 Å². The monoisotopic (exact) mass is 470 g/mol. The van der Waals surface area contributed by atoms with Gasteiger partial charge in [-0.05, 0) is 24.5 Å². The maximum absolute atomic E-state index is 13.3. The van der Waals surface area contributed by atoms with Crippen LogP contribution in [0.5, 0.6) is 0 Å². The SMILES string of the molecule is O=C(O)NCC(=O)C1CCCC1NCC(=O)N1c2ccccc2C[C@H]1C(=O)NCc1nn[nH]n1. The number of ketones is 1. The Morgan fingerprint density at radius 2 is 1.94 bits per heavy atom. The zero-order valence-electron chi connectivity index (χ0n) is 18.4. The number of benzene rings is 1. The van der Waals surface area contributed by atoms with E-state index in [1.165, 1.54) is 4.90 Å². The van der Waals surface area contributed by atoms with E-state index in [4.69, 9.17) is 5.11 Å². The van der Waals surface area contributed by atoms with Gasteiger partial charge in [0.25, 0.3) is 0 Å². The lowest BCUT2D eigenvalue weighted by Gasteiger charge is -2.26. The summed E-state index contributed by atoms with van der Waals surface area (Å²) in [6, 6.07) is 6.41. The highest BCUT2D eigenvalue weighted by Crippen LogP contribution is 2.32. The summed E-state index contributed by atoms with van der Waals surface area (Å²) in [5.74, 6) is -0.846. The van der Waals surface area contributed by atoms with Gasteiger partial charge in [0.2, 0.25) is 11.8 Å². The van der Waals surface area contributed by atoms with Gasteiger partial charge in [0, 0.05) is 24.1 Å². The van der Waals surface area contributed by atoms with Crippen LogP contribution in [0, 0.1) is 5.92 Å². The number of hydrogen-bond acceptors (Lipinski definition) is 8.